The summed E-state index contributed by atoms with van der Waals surface area (Å²) < 4.78 is 45.6. The molecule has 0 aliphatic rings. The number of H-pyrrole nitrogens is 1. The van der Waals surface area contributed by atoms with Crippen LogP contribution in [0, 0.1) is 5.82 Å². The van der Waals surface area contributed by atoms with E-state index in [2.05, 4.69) is 19.9 Å². The normalized spacial score (nSPS) is 13.1. The molecule has 2 N–H and O–H groups in total. The van der Waals surface area contributed by atoms with Gasteiger partial charge in [-0.15, -0.1) is 10.2 Å². The fraction of sp³-hybridized carbons (Fsp3) is 0.250. The summed E-state index contributed by atoms with van der Waals surface area (Å²) in [5.74, 6) is -0.00688. The number of hydrogen-bond acceptors (Lipinski definition) is 5. The topological polar surface area (TPSA) is 101 Å². The van der Waals surface area contributed by atoms with E-state index in [0.717, 1.165) is 0 Å². The molecule has 0 fully saturated rings. The molecule has 0 saturated carbocycles. The first-order chi connectivity index (χ1) is 11.9. The summed E-state index contributed by atoms with van der Waals surface area (Å²) >= 11 is 0. The number of aromatic nitrogens is 3. The molecule has 0 unspecified atom stereocenters. The molecular formula is C16H17FN4O3S. The van der Waals surface area contributed by atoms with E-state index in [1.807, 2.05) is 6.92 Å². The Hall–Kier alpha value is -2.52. The van der Waals surface area contributed by atoms with Gasteiger partial charge in [-0.1, -0.05) is 6.92 Å². The number of aromatic amines is 1. The van der Waals surface area contributed by atoms with E-state index >= 15 is 0 Å². The number of sulfonamides is 1. The van der Waals surface area contributed by atoms with Crippen molar-refractivity contribution in [2.75, 3.05) is 0 Å². The molecule has 0 spiro atoms. The van der Waals surface area contributed by atoms with Gasteiger partial charge in [-0.3, -0.25) is 0 Å². The molecule has 0 amide bonds. The number of nitrogens with one attached hydrogen (secondary N) is 2. The van der Waals surface area contributed by atoms with E-state index in [4.69, 9.17) is 4.42 Å². The second-order valence-electron chi connectivity index (χ2n) is 5.60. The van der Waals surface area contributed by atoms with Crippen LogP contribution in [0.5, 0.6) is 0 Å². The predicted octanol–water partition coefficient (Wildman–Crippen LogP) is 2.95. The van der Waals surface area contributed by atoms with Crippen LogP contribution in [0.4, 0.5) is 4.39 Å². The van der Waals surface area contributed by atoms with Crippen LogP contribution < -0.4 is 4.72 Å². The summed E-state index contributed by atoms with van der Waals surface area (Å²) in [5.41, 5.74) is 0.948. The van der Waals surface area contributed by atoms with E-state index in [1.165, 1.54) is 36.5 Å². The lowest BCUT2D eigenvalue weighted by Crippen LogP contribution is -2.31. The second kappa shape index (κ2) is 6.77. The highest BCUT2D eigenvalue weighted by molar-refractivity contribution is 7.89. The molecule has 9 heteroatoms. The van der Waals surface area contributed by atoms with Crippen molar-refractivity contribution in [3.63, 3.8) is 0 Å². The minimum atomic E-state index is -3.62. The third-order valence-electron chi connectivity index (χ3n) is 3.68. The lowest BCUT2D eigenvalue weighted by molar-refractivity contribution is 0.556. The van der Waals surface area contributed by atoms with Gasteiger partial charge < -0.3 is 9.40 Å². The highest BCUT2D eigenvalue weighted by Gasteiger charge is 2.20. The molecule has 7 nitrogen and oxygen atoms in total. The lowest BCUT2D eigenvalue weighted by Gasteiger charge is -2.10. The Morgan fingerprint density at radius 1 is 1.24 bits per heavy atom. The zero-order valence-corrected chi connectivity index (χ0v) is 14.5. The highest BCUT2D eigenvalue weighted by atomic mass is 32.2. The van der Waals surface area contributed by atoms with Gasteiger partial charge in [0, 0.05) is 17.8 Å². The molecule has 0 saturated heterocycles. The van der Waals surface area contributed by atoms with Crippen molar-refractivity contribution in [1.29, 1.82) is 0 Å². The molecule has 0 aliphatic heterocycles. The largest absolute Gasteiger partial charge is 0.415 e. The number of rotatable bonds is 6. The third kappa shape index (κ3) is 3.77. The molecule has 2 aromatic heterocycles. The number of halogens is 1. The van der Waals surface area contributed by atoms with E-state index in [0.29, 0.717) is 17.7 Å². The van der Waals surface area contributed by atoms with Gasteiger partial charge in [0.15, 0.2) is 0 Å². The zero-order valence-electron chi connectivity index (χ0n) is 13.7. The lowest BCUT2D eigenvalue weighted by atomic mass is 10.2. The van der Waals surface area contributed by atoms with Crippen LogP contribution in [0.3, 0.4) is 0 Å². The Kier molecular flexibility index (Phi) is 4.69. The summed E-state index contributed by atoms with van der Waals surface area (Å²) in [4.78, 5) is 2.91. The van der Waals surface area contributed by atoms with Gasteiger partial charge in [-0.05, 0) is 43.7 Å². The van der Waals surface area contributed by atoms with Crippen LogP contribution in [0.1, 0.15) is 20.3 Å². The molecule has 2 heterocycles. The third-order valence-corrected chi connectivity index (χ3v) is 5.25. The molecule has 0 radical (unpaired) electrons. The van der Waals surface area contributed by atoms with E-state index < -0.39 is 10.0 Å². The summed E-state index contributed by atoms with van der Waals surface area (Å²) in [7, 11) is -3.62. The van der Waals surface area contributed by atoms with Crippen molar-refractivity contribution in [2.45, 2.75) is 31.2 Å². The number of nitrogens with zero attached hydrogens (tertiary/aromatic N) is 2. The number of hydrogen-bond donors (Lipinski definition) is 2. The Balaban J connectivity index is 1.85. The molecule has 25 heavy (non-hydrogen) atoms. The fourth-order valence-corrected chi connectivity index (χ4v) is 3.43. The van der Waals surface area contributed by atoms with Crippen LogP contribution >= 0.6 is 0 Å². The minimum absolute atomic E-state index is 0.0873. The Morgan fingerprint density at radius 3 is 2.60 bits per heavy atom. The predicted molar refractivity (Wildman–Crippen MR) is 89.6 cm³/mol. The van der Waals surface area contributed by atoms with E-state index in [9.17, 15) is 12.8 Å². The van der Waals surface area contributed by atoms with Crippen molar-refractivity contribution in [3.8, 4) is 23.0 Å². The van der Waals surface area contributed by atoms with Gasteiger partial charge in [-0.2, -0.15) is 0 Å². The Bertz CT molecular complexity index is 963. The van der Waals surface area contributed by atoms with Crippen molar-refractivity contribution in [3.05, 3.63) is 42.3 Å². The molecule has 132 valence electrons. The molecule has 0 bridgehead atoms. The standard InChI is InChI=1S/C16H17FN4O3S/c1-3-10(2)21-25(22,23)13-8-14(18-9-13)16-20-19-15(24-16)11-4-6-12(17)7-5-11/h4-10,18,21H,3H2,1-2H3/t10-/m0/s1. The van der Waals surface area contributed by atoms with Crippen LogP contribution in [0.15, 0.2) is 45.8 Å². The summed E-state index contributed by atoms with van der Waals surface area (Å²) in [6.45, 7) is 3.68. The smallest absolute Gasteiger partial charge is 0.264 e. The molecule has 1 aromatic carbocycles. The van der Waals surface area contributed by atoms with E-state index in [-0.39, 0.29) is 28.5 Å². The van der Waals surface area contributed by atoms with Crippen molar-refractivity contribution < 1.29 is 17.2 Å². The van der Waals surface area contributed by atoms with Crippen molar-refractivity contribution >= 4 is 10.0 Å². The first kappa shape index (κ1) is 17.3. The minimum Gasteiger partial charge on any atom is -0.415 e. The van der Waals surface area contributed by atoms with Crippen LogP contribution in [-0.4, -0.2) is 29.6 Å². The molecular weight excluding hydrogens is 347 g/mol. The van der Waals surface area contributed by atoms with Crippen LogP contribution in [-0.2, 0) is 10.0 Å². The first-order valence-corrected chi connectivity index (χ1v) is 9.18. The van der Waals surface area contributed by atoms with E-state index in [1.54, 1.807) is 6.92 Å². The van der Waals surface area contributed by atoms with Gasteiger partial charge in [0.1, 0.15) is 16.4 Å². The quantitative estimate of drug-likeness (QED) is 0.700. The monoisotopic (exact) mass is 364 g/mol. The fourth-order valence-electron chi connectivity index (χ4n) is 2.11. The molecule has 3 aromatic rings. The van der Waals surface area contributed by atoms with Crippen molar-refractivity contribution in [1.82, 2.24) is 19.9 Å². The van der Waals surface area contributed by atoms with Crippen LogP contribution in [0.25, 0.3) is 23.0 Å². The van der Waals surface area contributed by atoms with Gasteiger partial charge in [0.2, 0.25) is 15.9 Å². The molecule has 3 rings (SSSR count). The summed E-state index contributed by atoms with van der Waals surface area (Å²) in [6.07, 6.45) is 2.04. The Morgan fingerprint density at radius 2 is 1.92 bits per heavy atom. The average Bonchev–Trinajstić information content (AvgIpc) is 3.24. The van der Waals surface area contributed by atoms with Crippen molar-refractivity contribution in [2.24, 2.45) is 0 Å². The van der Waals surface area contributed by atoms with Gasteiger partial charge in [0.25, 0.3) is 5.89 Å². The average molecular weight is 364 g/mol. The second-order valence-corrected chi connectivity index (χ2v) is 7.31. The molecule has 1 atom stereocenters. The zero-order chi connectivity index (χ0) is 18.0. The van der Waals surface area contributed by atoms with Gasteiger partial charge >= 0.3 is 0 Å². The van der Waals surface area contributed by atoms with Crippen LogP contribution in [0.2, 0.25) is 0 Å². The maximum absolute atomic E-state index is 13.0. The SMILES string of the molecule is CC[C@H](C)NS(=O)(=O)c1c[nH]c(-c2nnc(-c3ccc(F)cc3)o2)c1. The van der Waals surface area contributed by atoms with Gasteiger partial charge in [0.05, 0.1) is 0 Å². The first-order valence-electron chi connectivity index (χ1n) is 7.69. The maximum Gasteiger partial charge on any atom is 0.264 e. The maximum atomic E-state index is 13.0. The van der Waals surface area contributed by atoms with Gasteiger partial charge in [-0.25, -0.2) is 17.5 Å². The summed E-state index contributed by atoms with van der Waals surface area (Å²) in [5, 5.41) is 7.80. The highest BCUT2D eigenvalue weighted by Crippen LogP contribution is 2.25. The summed E-state index contributed by atoms with van der Waals surface area (Å²) in [6, 6.07) is 6.88. The number of benzene rings is 1. The molecule has 0 aliphatic carbocycles. The Labute approximate surface area is 144 Å².